The number of carbonyl (C=O) groups is 1. The molecule has 4 nitrogen and oxygen atoms in total. The second kappa shape index (κ2) is 5.67. The Morgan fingerprint density at radius 3 is 2.47 bits per heavy atom. The number of hydrogen-bond acceptors (Lipinski definition) is 4. The van der Waals surface area contributed by atoms with Gasteiger partial charge in [0.2, 0.25) is 0 Å². The van der Waals surface area contributed by atoms with E-state index in [-0.39, 0.29) is 10.7 Å². The fourth-order valence-electron chi connectivity index (χ4n) is 1.80. The summed E-state index contributed by atoms with van der Waals surface area (Å²) in [5.41, 5.74) is 3.24. The molecule has 0 aliphatic carbocycles. The third kappa shape index (κ3) is 2.93. The van der Waals surface area contributed by atoms with Gasteiger partial charge in [0.25, 0.3) is 0 Å². The molecule has 0 saturated heterocycles. The van der Waals surface area contributed by atoms with Gasteiger partial charge in [-0.15, -0.1) is 0 Å². The van der Waals surface area contributed by atoms with Crippen LogP contribution in [-0.2, 0) is 0 Å². The van der Waals surface area contributed by atoms with Crippen LogP contribution < -0.4 is 5.32 Å². The van der Waals surface area contributed by atoms with Crippen LogP contribution in [0.4, 0.5) is 11.5 Å². The van der Waals surface area contributed by atoms with Gasteiger partial charge in [0.15, 0.2) is 6.29 Å². The van der Waals surface area contributed by atoms with Crippen molar-refractivity contribution in [2.24, 2.45) is 0 Å². The lowest BCUT2D eigenvalue weighted by molar-refractivity contribution is 0.112. The SMILES string of the molecule is Cc1cc(Br)cc(C)c1Nc1ncnc(Cl)c1C=O. The fourth-order valence-corrected chi connectivity index (χ4v) is 2.67. The summed E-state index contributed by atoms with van der Waals surface area (Å²) in [7, 11) is 0. The van der Waals surface area contributed by atoms with E-state index in [1.807, 2.05) is 26.0 Å². The Labute approximate surface area is 124 Å². The summed E-state index contributed by atoms with van der Waals surface area (Å²) < 4.78 is 1.00. The molecule has 6 heteroatoms. The summed E-state index contributed by atoms with van der Waals surface area (Å²) in [4.78, 5) is 18.9. The molecule has 0 aliphatic rings. The highest BCUT2D eigenvalue weighted by Crippen LogP contribution is 2.29. The fraction of sp³-hybridized carbons (Fsp3) is 0.154. The van der Waals surface area contributed by atoms with Crippen LogP contribution in [0, 0.1) is 13.8 Å². The Hall–Kier alpha value is -1.46. The van der Waals surface area contributed by atoms with Crippen LogP contribution in [0.2, 0.25) is 5.15 Å². The Morgan fingerprint density at radius 1 is 1.26 bits per heavy atom. The third-order valence-electron chi connectivity index (χ3n) is 2.69. The van der Waals surface area contributed by atoms with Gasteiger partial charge in [-0.05, 0) is 37.1 Å². The van der Waals surface area contributed by atoms with Crippen LogP contribution in [0.3, 0.4) is 0 Å². The monoisotopic (exact) mass is 339 g/mol. The third-order valence-corrected chi connectivity index (χ3v) is 3.45. The van der Waals surface area contributed by atoms with Gasteiger partial charge in [0, 0.05) is 10.2 Å². The molecule has 98 valence electrons. The highest BCUT2D eigenvalue weighted by Gasteiger charge is 2.11. The Morgan fingerprint density at radius 2 is 1.89 bits per heavy atom. The largest absolute Gasteiger partial charge is 0.339 e. The van der Waals surface area contributed by atoms with Crippen molar-refractivity contribution in [3.05, 3.63) is 44.8 Å². The standard InChI is InChI=1S/C13H11BrClN3O/c1-7-3-9(14)4-8(2)11(7)18-13-10(5-19)12(15)16-6-17-13/h3-6H,1-2H3,(H,16,17,18). The molecule has 2 rings (SSSR count). The van der Waals surface area contributed by atoms with Crippen molar-refractivity contribution >= 4 is 45.3 Å². The lowest BCUT2D eigenvalue weighted by Gasteiger charge is -2.14. The van der Waals surface area contributed by atoms with Gasteiger partial charge in [0.1, 0.15) is 17.3 Å². The number of nitrogens with zero attached hydrogens (tertiary/aromatic N) is 2. The number of benzene rings is 1. The average molecular weight is 341 g/mol. The smallest absolute Gasteiger partial charge is 0.156 e. The number of anilines is 2. The molecular weight excluding hydrogens is 330 g/mol. The molecule has 1 aromatic heterocycles. The van der Waals surface area contributed by atoms with E-state index < -0.39 is 0 Å². The molecule has 2 aromatic rings. The zero-order chi connectivity index (χ0) is 14.0. The summed E-state index contributed by atoms with van der Waals surface area (Å²) >= 11 is 9.31. The first-order valence-electron chi connectivity index (χ1n) is 5.52. The van der Waals surface area contributed by atoms with Crippen LogP contribution >= 0.6 is 27.5 Å². The highest BCUT2D eigenvalue weighted by molar-refractivity contribution is 9.10. The number of aldehydes is 1. The van der Waals surface area contributed by atoms with Gasteiger partial charge in [0.05, 0.1) is 5.56 Å². The highest BCUT2D eigenvalue weighted by atomic mass is 79.9. The number of rotatable bonds is 3. The van der Waals surface area contributed by atoms with E-state index in [1.165, 1.54) is 6.33 Å². The van der Waals surface area contributed by atoms with E-state index in [4.69, 9.17) is 11.6 Å². The minimum absolute atomic E-state index is 0.139. The summed E-state index contributed by atoms with van der Waals surface area (Å²) in [6.45, 7) is 3.95. The molecule has 19 heavy (non-hydrogen) atoms. The van der Waals surface area contributed by atoms with E-state index in [1.54, 1.807) is 0 Å². The molecule has 0 radical (unpaired) electrons. The zero-order valence-electron chi connectivity index (χ0n) is 10.4. The van der Waals surface area contributed by atoms with Crippen molar-refractivity contribution in [1.82, 2.24) is 9.97 Å². The zero-order valence-corrected chi connectivity index (χ0v) is 12.7. The molecule has 1 heterocycles. The van der Waals surface area contributed by atoms with Crippen LogP contribution in [0.5, 0.6) is 0 Å². The molecular formula is C13H11BrClN3O. The quantitative estimate of drug-likeness (QED) is 0.676. The predicted molar refractivity (Wildman–Crippen MR) is 79.3 cm³/mol. The number of halogens is 2. The van der Waals surface area contributed by atoms with Gasteiger partial charge in [-0.1, -0.05) is 27.5 Å². The maximum Gasteiger partial charge on any atom is 0.156 e. The second-order valence-corrected chi connectivity index (χ2v) is 5.36. The van der Waals surface area contributed by atoms with E-state index in [9.17, 15) is 4.79 Å². The number of nitrogens with one attached hydrogen (secondary N) is 1. The molecule has 0 aliphatic heterocycles. The molecule has 0 fully saturated rings. The molecule has 1 aromatic carbocycles. The summed E-state index contributed by atoms with van der Waals surface area (Å²) in [6.07, 6.45) is 1.97. The van der Waals surface area contributed by atoms with E-state index >= 15 is 0 Å². The topological polar surface area (TPSA) is 54.9 Å². The van der Waals surface area contributed by atoms with Crippen LogP contribution in [-0.4, -0.2) is 16.3 Å². The normalized spacial score (nSPS) is 10.3. The molecule has 0 amide bonds. The van der Waals surface area contributed by atoms with Crippen molar-refractivity contribution in [2.75, 3.05) is 5.32 Å². The minimum Gasteiger partial charge on any atom is -0.339 e. The van der Waals surface area contributed by atoms with Gasteiger partial charge in [-0.3, -0.25) is 4.79 Å². The van der Waals surface area contributed by atoms with Crippen LogP contribution in [0.25, 0.3) is 0 Å². The molecule has 0 unspecified atom stereocenters. The van der Waals surface area contributed by atoms with Crippen molar-refractivity contribution in [1.29, 1.82) is 0 Å². The number of aromatic nitrogens is 2. The van der Waals surface area contributed by atoms with E-state index in [0.29, 0.717) is 12.1 Å². The van der Waals surface area contributed by atoms with Crippen molar-refractivity contribution in [3.8, 4) is 0 Å². The molecule has 0 bridgehead atoms. The molecule has 0 saturated carbocycles. The lowest BCUT2D eigenvalue weighted by Crippen LogP contribution is -2.03. The minimum atomic E-state index is 0.139. The number of carbonyl (C=O) groups excluding carboxylic acids is 1. The van der Waals surface area contributed by atoms with Gasteiger partial charge >= 0.3 is 0 Å². The van der Waals surface area contributed by atoms with Gasteiger partial charge in [-0.2, -0.15) is 0 Å². The van der Waals surface area contributed by atoms with E-state index in [2.05, 4.69) is 31.2 Å². The first-order valence-corrected chi connectivity index (χ1v) is 6.69. The second-order valence-electron chi connectivity index (χ2n) is 4.08. The van der Waals surface area contributed by atoms with E-state index in [0.717, 1.165) is 21.3 Å². The predicted octanol–water partition coefficient (Wildman–Crippen LogP) is 4.07. The maximum atomic E-state index is 11.1. The van der Waals surface area contributed by atoms with Crippen LogP contribution in [0.1, 0.15) is 21.5 Å². The number of aryl methyl sites for hydroxylation is 2. The van der Waals surface area contributed by atoms with Gasteiger partial charge < -0.3 is 5.32 Å². The summed E-state index contributed by atoms with van der Waals surface area (Å²) in [6, 6.07) is 3.97. The van der Waals surface area contributed by atoms with Gasteiger partial charge in [-0.25, -0.2) is 9.97 Å². The van der Waals surface area contributed by atoms with Crippen molar-refractivity contribution in [2.45, 2.75) is 13.8 Å². The Balaban J connectivity index is 2.48. The number of hydrogen-bond donors (Lipinski definition) is 1. The molecule has 0 atom stereocenters. The van der Waals surface area contributed by atoms with Crippen molar-refractivity contribution in [3.63, 3.8) is 0 Å². The first kappa shape index (κ1) is 14.0. The Kier molecular flexibility index (Phi) is 4.17. The maximum absolute atomic E-state index is 11.1. The summed E-state index contributed by atoms with van der Waals surface area (Å²) in [5.74, 6) is 0.406. The molecule has 1 N–H and O–H groups in total. The van der Waals surface area contributed by atoms with Crippen molar-refractivity contribution < 1.29 is 4.79 Å². The van der Waals surface area contributed by atoms with Crippen LogP contribution in [0.15, 0.2) is 22.9 Å². The molecule has 0 spiro atoms. The average Bonchev–Trinajstić information content (AvgIpc) is 2.34. The lowest BCUT2D eigenvalue weighted by atomic mass is 10.1. The summed E-state index contributed by atoms with van der Waals surface area (Å²) in [5, 5.41) is 3.28. The first-order chi connectivity index (χ1) is 9.02. The Bertz CT molecular complexity index is 623.